The molecule has 7 nitrogen and oxygen atoms in total. The highest BCUT2D eigenvalue weighted by molar-refractivity contribution is 7.20. The molecule has 2 atom stereocenters. The zero-order valence-corrected chi connectivity index (χ0v) is 18.7. The number of nitrogens with two attached hydrogens (primary N) is 1. The minimum Gasteiger partial charge on any atom is -0.393 e. The first-order valence-electron chi connectivity index (χ1n) is 10.5. The summed E-state index contributed by atoms with van der Waals surface area (Å²) in [5.41, 5.74) is 5.67. The molecule has 3 aromatic rings. The van der Waals surface area contributed by atoms with Crippen LogP contribution in [-0.2, 0) is 6.42 Å². The fraction of sp³-hybridized carbons (Fsp3) is 0.304. The van der Waals surface area contributed by atoms with Gasteiger partial charge in [0, 0.05) is 18.0 Å². The maximum absolute atomic E-state index is 14.8. The molecule has 0 radical (unpaired) electrons. The second-order valence-corrected chi connectivity index (χ2v) is 9.15. The van der Waals surface area contributed by atoms with Gasteiger partial charge >= 0.3 is 0 Å². The highest BCUT2D eigenvalue weighted by Crippen LogP contribution is 2.39. The van der Waals surface area contributed by atoms with Crippen molar-refractivity contribution in [1.29, 1.82) is 0 Å². The molecule has 1 fully saturated rings. The predicted octanol–water partition coefficient (Wildman–Crippen LogP) is 3.43. The number of primary amides is 1. The first kappa shape index (κ1) is 23.1. The molecule has 10 heteroatoms. The van der Waals surface area contributed by atoms with Gasteiger partial charge < -0.3 is 26.2 Å². The van der Waals surface area contributed by atoms with Crippen molar-refractivity contribution in [2.45, 2.75) is 32.0 Å². The largest absolute Gasteiger partial charge is 0.393 e. The van der Waals surface area contributed by atoms with Crippen LogP contribution in [-0.4, -0.2) is 46.4 Å². The summed E-state index contributed by atoms with van der Waals surface area (Å²) in [6, 6.07) is 9.01. The van der Waals surface area contributed by atoms with Crippen LogP contribution in [0, 0.1) is 11.6 Å². The number of amides is 1. The summed E-state index contributed by atoms with van der Waals surface area (Å²) in [5.74, 6) is -1.23. The van der Waals surface area contributed by atoms with Gasteiger partial charge in [-0.3, -0.25) is 4.79 Å². The Morgan fingerprint density at radius 1 is 1.33 bits per heavy atom. The Morgan fingerprint density at radius 2 is 2.06 bits per heavy atom. The number of hydrogen-bond donors (Lipinski definition) is 4. The van der Waals surface area contributed by atoms with E-state index in [2.05, 4.69) is 10.3 Å². The Bertz CT molecular complexity index is 1160. The van der Waals surface area contributed by atoms with Gasteiger partial charge in [0.05, 0.1) is 23.3 Å². The van der Waals surface area contributed by atoms with Crippen molar-refractivity contribution >= 4 is 33.9 Å². The molecule has 3 heterocycles. The molecule has 1 aromatic carbocycles. The molecule has 2 unspecified atom stereocenters. The number of nitrogens with one attached hydrogen (secondary N) is 1. The molecule has 0 bridgehead atoms. The van der Waals surface area contributed by atoms with E-state index in [0.717, 1.165) is 11.3 Å². The minimum atomic E-state index is -0.790. The van der Waals surface area contributed by atoms with Crippen LogP contribution in [0.25, 0.3) is 10.4 Å². The van der Waals surface area contributed by atoms with E-state index in [-0.39, 0.29) is 22.4 Å². The lowest BCUT2D eigenvalue weighted by Crippen LogP contribution is -2.22. The van der Waals surface area contributed by atoms with E-state index in [9.17, 15) is 23.8 Å². The number of aromatic nitrogens is 1. The zero-order valence-electron chi connectivity index (χ0n) is 17.9. The second-order valence-electron chi connectivity index (χ2n) is 8.10. The summed E-state index contributed by atoms with van der Waals surface area (Å²) in [4.78, 5) is 18.7. The molecule has 5 N–H and O–H groups in total. The van der Waals surface area contributed by atoms with E-state index in [1.54, 1.807) is 12.1 Å². The second kappa shape index (κ2) is 9.42. The molecule has 0 spiro atoms. The quantitative estimate of drug-likeness (QED) is 0.418. The number of aliphatic hydroxyl groups is 2. The lowest BCUT2D eigenvalue weighted by molar-refractivity contribution is 0.100. The summed E-state index contributed by atoms with van der Waals surface area (Å²) < 4.78 is 29.6. The summed E-state index contributed by atoms with van der Waals surface area (Å²) in [5, 5.41) is 22.6. The van der Waals surface area contributed by atoms with Crippen LogP contribution in [0.3, 0.4) is 0 Å². The van der Waals surface area contributed by atoms with Gasteiger partial charge in [-0.15, -0.1) is 11.3 Å². The number of halogens is 2. The van der Waals surface area contributed by atoms with Crippen molar-refractivity contribution in [1.82, 2.24) is 4.98 Å². The number of thiophene rings is 1. The molecule has 1 amide bonds. The van der Waals surface area contributed by atoms with Gasteiger partial charge in [-0.05, 0) is 55.7 Å². The first-order valence-corrected chi connectivity index (χ1v) is 11.3. The molecular weight excluding hydrogens is 450 g/mol. The number of pyridine rings is 1. The molecule has 1 aliphatic heterocycles. The molecule has 174 valence electrons. The van der Waals surface area contributed by atoms with Gasteiger partial charge in [-0.1, -0.05) is 6.07 Å². The third-order valence-corrected chi connectivity index (χ3v) is 6.41. The lowest BCUT2D eigenvalue weighted by atomic mass is 10.0. The van der Waals surface area contributed by atoms with Crippen LogP contribution in [0.5, 0.6) is 0 Å². The van der Waals surface area contributed by atoms with Gasteiger partial charge in [-0.2, -0.15) is 0 Å². The third kappa shape index (κ3) is 5.13. The standard InChI is InChI=1S/C23H24F2N4O3S/c1-12(30)7-13-8-16(24)21(17(25)9-13)18-10-15(22(26)32)23(33-18)28-19-3-2-4-20(27-19)29-6-5-14(31)11-29/h2-4,8-10,12,14,30-31H,5-7,11H2,1H3,(H2,26,32)(H,27,28). The number of aliphatic hydroxyl groups excluding tert-OH is 2. The Labute approximate surface area is 193 Å². The van der Waals surface area contributed by atoms with Crippen molar-refractivity contribution in [3.8, 4) is 10.4 Å². The van der Waals surface area contributed by atoms with E-state index >= 15 is 0 Å². The van der Waals surface area contributed by atoms with Crippen molar-refractivity contribution < 1.29 is 23.8 Å². The van der Waals surface area contributed by atoms with Gasteiger partial charge in [0.1, 0.15) is 28.3 Å². The topological polar surface area (TPSA) is 112 Å². The average Bonchev–Trinajstić information content (AvgIpc) is 3.34. The highest BCUT2D eigenvalue weighted by atomic mass is 32.1. The van der Waals surface area contributed by atoms with E-state index in [1.807, 2.05) is 11.0 Å². The number of nitrogens with zero attached hydrogens (tertiary/aromatic N) is 2. The molecule has 1 saturated heterocycles. The van der Waals surface area contributed by atoms with Crippen LogP contribution in [0.1, 0.15) is 29.3 Å². The SMILES string of the molecule is CC(O)Cc1cc(F)c(-c2cc(C(N)=O)c(Nc3cccc(N4CCC(O)C4)n3)s2)c(F)c1. The number of hydrogen-bond acceptors (Lipinski definition) is 7. The molecule has 4 rings (SSSR count). The van der Waals surface area contributed by atoms with Gasteiger partial charge in [-0.25, -0.2) is 13.8 Å². The molecule has 0 aliphatic carbocycles. The van der Waals surface area contributed by atoms with Gasteiger partial charge in [0.25, 0.3) is 5.91 Å². The van der Waals surface area contributed by atoms with Crippen molar-refractivity contribution in [3.63, 3.8) is 0 Å². The third-order valence-electron chi connectivity index (χ3n) is 5.34. The monoisotopic (exact) mass is 474 g/mol. The molecule has 0 saturated carbocycles. The predicted molar refractivity (Wildman–Crippen MR) is 124 cm³/mol. The summed E-state index contributed by atoms with van der Waals surface area (Å²) in [6.07, 6.45) is -0.358. The lowest BCUT2D eigenvalue weighted by Gasteiger charge is -2.17. The number of rotatable bonds is 7. The van der Waals surface area contributed by atoms with Crippen molar-refractivity contribution in [2.75, 3.05) is 23.3 Å². The molecule has 2 aromatic heterocycles. The number of anilines is 3. The smallest absolute Gasteiger partial charge is 0.251 e. The van der Waals surface area contributed by atoms with E-state index in [4.69, 9.17) is 5.73 Å². The van der Waals surface area contributed by atoms with Crippen LogP contribution in [0.4, 0.5) is 25.4 Å². The maximum Gasteiger partial charge on any atom is 0.251 e. The van der Waals surface area contributed by atoms with Crippen LogP contribution < -0.4 is 16.0 Å². The molecular formula is C23H24F2N4O3S. The Kier molecular flexibility index (Phi) is 6.59. The van der Waals surface area contributed by atoms with Crippen LogP contribution in [0.15, 0.2) is 36.4 Å². The van der Waals surface area contributed by atoms with E-state index < -0.39 is 29.7 Å². The van der Waals surface area contributed by atoms with Gasteiger partial charge in [0.2, 0.25) is 0 Å². The van der Waals surface area contributed by atoms with E-state index in [0.29, 0.717) is 41.7 Å². The summed E-state index contributed by atoms with van der Waals surface area (Å²) in [6.45, 7) is 2.70. The van der Waals surface area contributed by atoms with Gasteiger partial charge in [0.15, 0.2) is 0 Å². The average molecular weight is 475 g/mol. The minimum absolute atomic E-state index is 0.0886. The first-order chi connectivity index (χ1) is 15.7. The number of β-amino-alcohol motifs (C(OH)–C–C–N with tert-alkyl or cyclic N) is 1. The highest BCUT2D eigenvalue weighted by Gasteiger charge is 2.23. The van der Waals surface area contributed by atoms with E-state index in [1.165, 1.54) is 25.1 Å². The van der Waals surface area contributed by atoms with Crippen molar-refractivity contribution in [3.05, 3.63) is 59.2 Å². The normalized spacial score (nSPS) is 16.8. The Morgan fingerprint density at radius 3 is 2.67 bits per heavy atom. The molecule has 33 heavy (non-hydrogen) atoms. The zero-order chi connectivity index (χ0) is 23.7. The fourth-order valence-electron chi connectivity index (χ4n) is 3.85. The number of carbonyl (C=O) groups excluding carboxylic acids is 1. The summed E-state index contributed by atoms with van der Waals surface area (Å²) >= 11 is 0.987. The van der Waals surface area contributed by atoms with Crippen LogP contribution in [0.2, 0.25) is 0 Å². The van der Waals surface area contributed by atoms with Crippen molar-refractivity contribution in [2.24, 2.45) is 5.73 Å². The summed E-state index contributed by atoms with van der Waals surface area (Å²) in [7, 11) is 0. The Balaban J connectivity index is 1.65. The number of carbonyl (C=O) groups is 1. The van der Waals surface area contributed by atoms with Crippen LogP contribution >= 0.6 is 11.3 Å². The number of benzene rings is 1. The maximum atomic E-state index is 14.8. The Hall–Kier alpha value is -3.08. The molecule has 1 aliphatic rings. The fourth-order valence-corrected chi connectivity index (χ4v) is 4.96.